The van der Waals surface area contributed by atoms with E-state index in [2.05, 4.69) is 96.4 Å². The highest BCUT2D eigenvalue weighted by Crippen LogP contribution is 2.48. The van der Waals surface area contributed by atoms with Crippen molar-refractivity contribution in [3.8, 4) is 0 Å². The Hall–Kier alpha value is -2.78. The van der Waals surface area contributed by atoms with Gasteiger partial charge in [0, 0.05) is 42.6 Å². The standard InChI is InChI=1S/C25H28N2O/c1-3-26(4-2)20-15-13-19(14-16-20)25-21-9-5-7-11-23(21)27(17-18-28)24-12-8-6-10-22(24)25/h5-16,25,28H,3-4,17-18H2,1-2H3. The highest BCUT2D eigenvalue weighted by Gasteiger charge is 2.30. The van der Waals surface area contributed by atoms with Gasteiger partial charge in [-0.25, -0.2) is 0 Å². The number of para-hydroxylation sites is 2. The molecule has 1 aliphatic heterocycles. The van der Waals surface area contributed by atoms with Gasteiger partial charge in [0.25, 0.3) is 0 Å². The maximum Gasteiger partial charge on any atom is 0.0610 e. The second kappa shape index (κ2) is 8.07. The lowest BCUT2D eigenvalue weighted by Gasteiger charge is -2.37. The molecule has 0 amide bonds. The molecule has 0 unspecified atom stereocenters. The molecule has 0 radical (unpaired) electrons. The van der Waals surface area contributed by atoms with Gasteiger partial charge in [-0.2, -0.15) is 0 Å². The summed E-state index contributed by atoms with van der Waals surface area (Å²) in [4.78, 5) is 4.61. The van der Waals surface area contributed by atoms with Gasteiger partial charge in [0.1, 0.15) is 0 Å². The van der Waals surface area contributed by atoms with Crippen molar-refractivity contribution in [3.05, 3.63) is 89.5 Å². The van der Waals surface area contributed by atoms with Crippen LogP contribution in [-0.4, -0.2) is 31.3 Å². The van der Waals surface area contributed by atoms with E-state index in [1.54, 1.807) is 0 Å². The number of aliphatic hydroxyl groups is 1. The first kappa shape index (κ1) is 18.6. The third-order valence-electron chi connectivity index (χ3n) is 5.76. The molecule has 0 fully saturated rings. The molecule has 3 nitrogen and oxygen atoms in total. The van der Waals surface area contributed by atoms with Crippen LogP contribution < -0.4 is 9.80 Å². The summed E-state index contributed by atoms with van der Waals surface area (Å²) in [6.07, 6.45) is 0. The summed E-state index contributed by atoms with van der Waals surface area (Å²) >= 11 is 0. The normalized spacial score (nSPS) is 13.2. The third-order valence-corrected chi connectivity index (χ3v) is 5.76. The molecule has 0 aliphatic carbocycles. The van der Waals surface area contributed by atoms with Crippen molar-refractivity contribution < 1.29 is 5.11 Å². The molecule has 0 saturated heterocycles. The summed E-state index contributed by atoms with van der Waals surface area (Å²) in [5, 5.41) is 9.64. The fraction of sp³-hybridized carbons (Fsp3) is 0.280. The topological polar surface area (TPSA) is 26.7 Å². The average molecular weight is 373 g/mol. The van der Waals surface area contributed by atoms with Crippen LogP contribution in [0.4, 0.5) is 17.1 Å². The Labute approximate surface area is 167 Å². The first-order chi connectivity index (χ1) is 13.8. The summed E-state index contributed by atoms with van der Waals surface area (Å²) in [6.45, 7) is 7.15. The molecule has 3 heteroatoms. The number of fused-ring (bicyclic) bond motifs is 2. The number of β-amino-alcohol motifs (C(OH)–C–C–N with tert-alkyl or cyclic N) is 1. The second-order valence-electron chi connectivity index (χ2n) is 7.19. The lowest BCUT2D eigenvalue weighted by molar-refractivity contribution is 0.305. The Morgan fingerprint density at radius 3 is 1.82 bits per heavy atom. The second-order valence-corrected chi connectivity index (χ2v) is 7.19. The molecule has 144 valence electrons. The largest absolute Gasteiger partial charge is 0.395 e. The maximum atomic E-state index is 9.64. The zero-order valence-corrected chi connectivity index (χ0v) is 16.7. The number of aliphatic hydroxyl groups excluding tert-OH is 1. The Bertz CT molecular complexity index is 884. The van der Waals surface area contributed by atoms with Crippen molar-refractivity contribution in [2.75, 3.05) is 36.0 Å². The molecule has 0 spiro atoms. The van der Waals surface area contributed by atoms with Crippen molar-refractivity contribution in [3.63, 3.8) is 0 Å². The lowest BCUT2D eigenvalue weighted by atomic mass is 9.80. The zero-order chi connectivity index (χ0) is 19.5. The molecule has 0 bridgehead atoms. The number of rotatable bonds is 6. The Morgan fingerprint density at radius 2 is 1.32 bits per heavy atom. The lowest BCUT2D eigenvalue weighted by Crippen LogP contribution is -2.28. The number of hydrogen-bond acceptors (Lipinski definition) is 3. The predicted molar refractivity (Wildman–Crippen MR) is 118 cm³/mol. The molecule has 0 aromatic heterocycles. The van der Waals surface area contributed by atoms with Crippen molar-refractivity contribution in [1.82, 2.24) is 0 Å². The molecule has 1 aliphatic rings. The smallest absolute Gasteiger partial charge is 0.0610 e. The van der Waals surface area contributed by atoms with Gasteiger partial charge < -0.3 is 14.9 Å². The van der Waals surface area contributed by atoms with Crippen LogP contribution in [0.2, 0.25) is 0 Å². The van der Waals surface area contributed by atoms with Gasteiger partial charge in [-0.1, -0.05) is 48.5 Å². The van der Waals surface area contributed by atoms with Crippen molar-refractivity contribution >= 4 is 17.1 Å². The molecule has 4 rings (SSSR count). The van der Waals surface area contributed by atoms with Gasteiger partial charge in [0.05, 0.1) is 6.61 Å². The predicted octanol–water partition coefficient (Wildman–Crippen LogP) is 5.16. The third kappa shape index (κ3) is 3.16. The monoisotopic (exact) mass is 372 g/mol. The Balaban J connectivity index is 1.83. The van der Waals surface area contributed by atoms with Crippen LogP contribution >= 0.6 is 0 Å². The van der Waals surface area contributed by atoms with E-state index in [-0.39, 0.29) is 12.5 Å². The van der Waals surface area contributed by atoms with Crippen LogP contribution in [-0.2, 0) is 0 Å². The fourth-order valence-electron chi connectivity index (χ4n) is 4.42. The van der Waals surface area contributed by atoms with Gasteiger partial charge in [-0.3, -0.25) is 0 Å². The van der Waals surface area contributed by atoms with E-state index in [1.807, 2.05) is 0 Å². The molecule has 28 heavy (non-hydrogen) atoms. The van der Waals surface area contributed by atoms with Gasteiger partial charge in [0.2, 0.25) is 0 Å². The minimum absolute atomic E-state index is 0.131. The summed E-state index contributed by atoms with van der Waals surface area (Å²) in [6, 6.07) is 26.2. The minimum Gasteiger partial charge on any atom is -0.395 e. The summed E-state index contributed by atoms with van der Waals surface area (Å²) in [7, 11) is 0. The number of hydrogen-bond donors (Lipinski definition) is 1. The van der Waals surface area contributed by atoms with Crippen LogP contribution in [0.15, 0.2) is 72.8 Å². The summed E-state index contributed by atoms with van der Waals surface area (Å²) in [5.41, 5.74) is 7.55. The highest BCUT2D eigenvalue weighted by molar-refractivity contribution is 5.78. The molecule has 3 aromatic carbocycles. The van der Waals surface area contributed by atoms with E-state index in [1.165, 1.54) is 33.8 Å². The van der Waals surface area contributed by atoms with Crippen molar-refractivity contribution in [2.45, 2.75) is 19.8 Å². The molecule has 1 heterocycles. The van der Waals surface area contributed by atoms with Crippen LogP contribution in [0, 0.1) is 0 Å². The van der Waals surface area contributed by atoms with Crippen LogP contribution in [0.1, 0.15) is 36.5 Å². The van der Waals surface area contributed by atoms with Crippen LogP contribution in [0.25, 0.3) is 0 Å². The van der Waals surface area contributed by atoms with Crippen LogP contribution in [0.3, 0.4) is 0 Å². The number of anilines is 3. The Kier molecular flexibility index (Phi) is 5.36. The quantitative estimate of drug-likeness (QED) is 0.648. The highest BCUT2D eigenvalue weighted by atomic mass is 16.3. The molecular formula is C25H28N2O. The van der Waals surface area contributed by atoms with E-state index in [4.69, 9.17) is 0 Å². The number of benzene rings is 3. The number of nitrogens with zero attached hydrogens (tertiary/aromatic N) is 2. The van der Waals surface area contributed by atoms with Crippen molar-refractivity contribution in [1.29, 1.82) is 0 Å². The molecule has 0 atom stereocenters. The first-order valence-electron chi connectivity index (χ1n) is 10.2. The van der Waals surface area contributed by atoms with Gasteiger partial charge in [-0.05, 0) is 54.8 Å². The summed E-state index contributed by atoms with van der Waals surface area (Å²) < 4.78 is 0. The molecule has 0 saturated carbocycles. The Morgan fingerprint density at radius 1 is 0.786 bits per heavy atom. The SMILES string of the molecule is CCN(CC)c1ccc(C2c3ccccc3N(CCO)c3ccccc32)cc1. The summed E-state index contributed by atoms with van der Waals surface area (Å²) in [5.74, 6) is 0.202. The molecule has 3 aromatic rings. The van der Waals surface area contributed by atoms with Gasteiger partial charge in [-0.15, -0.1) is 0 Å². The van der Waals surface area contributed by atoms with E-state index < -0.39 is 0 Å². The fourth-order valence-corrected chi connectivity index (χ4v) is 4.42. The average Bonchev–Trinajstić information content (AvgIpc) is 2.75. The van der Waals surface area contributed by atoms with Gasteiger partial charge >= 0.3 is 0 Å². The van der Waals surface area contributed by atoms with E-state index >= 15 is 0 Å². The van der Waals surface area contributed by atoms with E-state index in [9.17, 15) is 5.11 Å². The van der Waals surface area contributed by atoms with Crippen LogP contribution in [0.5, 0.6) is 0 Å². The van der Waals surface area contributed by atoms with Crippen molar-refractivity contribution in [2.24, 2.45) is 0 Å². The maximum absolute atomic E-state index is 9.64. The molecule has 1 N–H and O–H groups in total. The minimum atomic E-state index is 0.131. The molecular weight excluding hydrogens is 344 g/mol. The van der Waals surface area contributed by atoms with E-state index in [0.717, 1.165) is 13.1 Å². The van der Waals surface area contributed by atoms with Gasteiger partial charge in [0.15, 0.2) is 0 Å². The first-order valence-corrected chi connectivity index (χ1v) is 10.2. The van der Waals surface area contributed by atoms with E-state index in [0.29, 0.717) is 6.54 Å². The zero-order valence-electron chi connectivity index (χ0n) is 16.7.